The number of unbranched alkanes of at least 4 members (excludes halogenated alkanes) is 10. The maximum absolute atomic E-state index is 12.4. The second-order valence-corrected chi connectivity index (χ2v) is 12.8. The van der Waals surface area contributed by atoms with Gasteiger partial charge in [0.05, 0.1) is 24.3 Å². The number of benzene rings is 6. The van der Waals surface area contributed by atoms with Crippen molar-refractivity contribution in [3.8, 4) is 0 Å². The van der Waals surface area contributed by atoms with E-state index in [4.69, 9.17) is 9.47 Å². The summed E-state index contributed by atoms with van der Waals surface area (Å²) in [5, 5.41) is 10.9. The Kier molecular flexibility index (Phi) is 13.2. The molecule has 0 atom stereocenters. The molecule has 6 aromatic rings. The third kappa shape index (κ3) is 8.72. The zero-order valence-corrected chi connectivity index (χ0v) is 28.8. The SMILES string of the molecule is CCCCCCCCOC(=O)c1ccccc1C(=O)OCCCCCCCC.c1cc2cccc3c4cccc5cccc(c(c1)c23)c54. The van der Waals surface area contributed by atoms with E-state index in [1.807, 2.05) is 0 Å². The summed E-state index contributed by atoms with van der Waals surface area (Å²) < 4.78 is 10.7. The summed E-state index contributed by atoms with van der Waals surface area (Å²) in [6, 6.07) is 33.2. The normalized spacial score (nSPS) is 11.2. The van der Waals surface area contributed by atoms with Crippen LogP contribution in [0.2, 0.25) is 0 Å². The lowest BCUT2D eigenvalue weighted by atomic mass is 9.90. The van der Waals surface area contributed by atoms with Crippen LogP contribution in [0.4, 0.5) is 0 Å². The van der Waals surface area contributed by atoms with Gasteiger partial charge in [0.1, 0.15) is 0 Å². The minimum Gasteiger partial charge on any atom is -0.462 e. The Labute approximate surface area is 285 Å². The molecule has 0 spiro atoms. The van der Waals surface area contributed by atoms with E-state index in [1.54, 1.807) is 24.3 Å². The van der Waals surface area contributed by atoms with Gasteiger partial charge in [-0.05, 0) is 68.1 Å². The van der Waals surface area contributed by atoms with Crippen molar-refractivity contribution in [3.63, 3.8) is 0 Å². The third-order valence-corrected chi connectivity index (χ3v) is 9.22. The Morgan fingerprint density at radius 2 is 0.750 bits per heavy atom. The molecule has 0 N–H and O–H groups in total. The zero-order chi connectivity index (χ0) is 33.6. The van der Waals surface area contributed by atoms with Crippen molar-refractivity contribution in [1.29, 1.82) is 0 Å². The van der Waals surface area contributed by atoms with Crippen molar-refractivity contribution in [2.75, 3.05) is 13.2 Å². The first-order valence-corrected chi connectivity index (χ1v) is 18.1. The second kappa shape index (κ2) is 18.2. The molecule has 6 rings (SSSR count). The largest absolute Gasteiger partial charge is 0.462 e. The minimum absolute atomic E-state index is 0.293. The minimum atomic E-state index is -0.444. The van der Waals surface area contributed by atoms with Crippen molar-refractivity contribution in [2.45, 2.75) is 90.9 Å². The van der Waals surface area contributed by atoms with Crippen molar-refractivity contribution in [3.05, 3.63) is 108 Å². The fraction of sp³-hybridized carbons (Fsp3) is 0.364. The molecular formula is C44H50O4. The summed E-state index contributed by atoms with van der Waals surface area (Å²) in [7, 11) is 0. The quantitative estimate of drug-likeness (QED) is 0.0456. The van der Waals surface area contributed by atoms with Gasteiger partial charge in [0, 0.05) is 0 Å². The number of hydrogen-bond donors (Lipinski definition) is 0. The summed E-state index contributed by atoms with van der Waals surface area (Å²) in [5.41, 5.74) is 0.586. The molecule has 0 fully saturated rings. The molecule has 0 saturated carbocycles. The van der Waals surface area contributed by atoms with E-state index in [0.29, 0.717) is 24.3 Å². The summed E-state index contributed by atoms with van der Waals surface area (Å²) >= 11 is 0. The van der Waals surface area contributed by atoms with E-state index >= 15 is 0 Å². The van der Waals surface area contributed by atoms with Crippen molar-refractivity contribution < 1.29 is 19.1 Å². The average Bonchev–Trinajstić information content (AvgIpc) is 3.13. The second-order valence-electron chi connectivity index (χ2n) is 12.8. The highest BCUT2D eigenvalue weighted by Gasteiger charge is 2.19. The van der Waals surface area contributed by atoms with Crippen LogP contribution >= 0.6 is 0 Å². The number of rotatable bonds is 16. The summed E-state index contributed by atoms with van der Waals surface area (Å²) in [6.07, 6.45) is 13.6. The van der Waals surface area contributed by atoms with Gasteiger partial charge < -0.3 is 9.47 Å². The first-order valence-electron chi connectivity index (χ1n) is 18.1. The molecule has 0 amide bonds. The van der Waals surface area contributed by atoms with Crippen LogP contribution in [-0.2, 0) is 9.47 Å². The van der Waals surface area contributed by atoms with E-state index in [-0.39, 0.29) is 0 Å². The highest BCUT2D eigenvalue weighted by atomic mass is 16.5. The number of carbonyl (C=O) groups is 2. The average molecular weight is 643 g/mol. The van der Waals surface area contributed by atoms with Crippen LogP contribution in [0.5, 0.6) is 0 Å². The molecule has 4 nitrogen and oxygen atoms in total. The molecule has 0 aliphatic heterocycles. The highest BCUT2D eigenvalue weighted by Crippen LogP contribution is 2.39. The molecule has 6 aromatic carbocycles. The van der Waals surface area contributed by atoms with E-state index in [2.05, 4.69) is 86.6 Å². The van der Waals surface area contributed by atoms with Crippen LogP contribution in [0.15, 0.2) is 97.1 Å². The third-order valence-electron chi connectivity index (χ3n) is 9.22. The number of carbonyl (C=O) groups excluding carboxylic acids is 2. The van der Waals surface area contributed by atoms with Crippen LogP contribution in [0.1, 0.15) is 112 Å². The van der Waals surface area contributed by atoms with Gasteiger partial charge in [-0.2, -0.15) is 0 Å². The fourth-order valence-electron chi connectivity index (χ4n) is 6.67. The van der Waals surface area contributed by atoms with Crippen LogP contribution < -0.4 is 0 Å². The van der Waals surface area contributed by atoms with Crippen molar-refractivity contribution in [2.24, 2.45) is 0 Å². The van der Waals surface area contributed by atoms with Crippen LogP contribution in [0, 0.1) is 0 Å². The molecule has 48 heavy (non-hydrogen) atoms. The Morgan fingerprint density at radius 3 is 1.10 bits per heavy atom. The lowest BCUT2D eigenvalue weighted by molar-refractivity contribution is 0.0450. The number of hydrogen-bond acceptors (Lipinski definition) is 4. The van der Waals surface area contributed by atoms with Crippen LogP contribution in [-0.4, -0.2) is 25.2 Å². The lowest BCUT2D eigenvalue weighted by Crippen LogP contribution is -2.15. The Hall–Kier alpha value is -4.44. The number of esters is 2. The molecule has 0 heterocycles. The Balaban J connectivity index is 0.000000196. The highest BCUT2D eigenvalue weighted by molar-refractivity contribution is 6.32. The molecular weight excluding hydrogens is 592 g/mol. The molecule has 250 valence electrons. The molecule has 0 aromatic heterocycles. The monoisotopic (exact) mass is 642 g/mol. The smallest absolute Gasteiger partial charge is 0.339 e. The van der Waals surface area contributed by atoms with Gasteiger partial charge in [-0.15, -0.1) is 0 Å². The summed E-state index contributed by atoms with van der Waals surface area (Å²) in [5.74, 6) is -0.888. The van der Waals surface area contributed by atoms with E-state index in [9.17, 15) is 9.59 Å². The number of fused-ring (bicyclic) bond motifs is 2. The van der Waals surface area contributed by atoms with Crippen molar-refractivity contribution >= 4 is 55.0 Å². The Morgan fingerprint density at radius 1 is 0.417 bits per heavy atom. The number of ether oxygens (including phenoxy) is 2. The molecule has 4 heteroatoms. The molecule has 0 aliphatic rings. The summed E-state index contributed by atoms with van der Waals surface area (Å²) in [6.45, 7) is 5.17. The fourth-order valence-corrected chi connectivity index (χ4v) is 6.67. The molecule has 0 aliphatic carbocycles. The van der Waals surface area contributed by atoms with Gasteiger partial charge in [-0.1, -0.05) is 163 Å². The van der Waals surface area contributed by atoms with E-state index < -0.39 is 11.9 Å². The maximum Gasteiger partial charge on any atom is 0.339 e. The topological polar surface area (TPSA) is 52.6 Å². The first kappa shape index (κ1) is 34.9. The van der Waals surface area contributed by atoms with Crippen molar-refractivity contribution in [1.82, 2.24) is 0 Å². The Bertz CT molecular complexity index is 1690. The standard InChI is InChI=1S/C24H38O4.C20H12/c1-3-5-7-9-11-15-19-27-23(25)21-17-13-14-18-22(21)24(26)28-20-16-12-10-8-6-4-2;1-5-13-6-2-11-17-18-12-4-8-14-7-3-10-16(20(14)18)15(9-1)19(13)17/h13-14,17-18H,3-12,15-16,19-20H2,1-2H3;1-12H. The van der Waals surface area contributed by atoms with E-state index in [1.165, 1.54) is 94.5 Å². The van der Waals surface area contributed by atoms with Gasteiger partial charge in [0.25, 0.3) is 0 Å². The van der Waals surface area contributed by atoms with Gasteiger partial charge >= 0.3 is 11.9 Å². The van der Waals surface area contributed by atoms with Crippen LogP contribution in [0.25, 0.3) is 43.1 Å². The summed E-state index contributed by atoms with van der Waals surface area (Å²) in [4.78, 5) is 24.7. The van der Waals surface area contributed by atoms with E-state index in [0.717, 1.165) is 25.7 Å². The molecule has 0 unspecified atom stereocenters. The van der Waals surface area contributed by atoms with Crippen LogP contribution in [0.3, 0.4) is 0 Å². The molecule has 0 bridgehead atoms. The van der Waals surface area contributed by atoms with Gasteiger partial charge in [-0.3, -0.25) is 0 Å². The molecule has 0 radical (unpaired) electrons. The van der Waals surface area contributed by atoms with Gasteiger partial charge in [-0.25, -0.2) is 9.59 Å². The first-order chi connectivity index (χ1) is 23.6. The zero-order valence-electron chi connectivity index (χ0n) is 28.8. The predicted octanol–water partition coefficient (Wildman–Crippen LogP) is 12.5. The van der Waals surface area contributed by atoms with Gasteiger partial charge in [0.15, 0.2) is 0 Å². The van der Waals surface area contributed by atoms with Gasteiger partial charge in [0.2, 0.25) is 0 Å². The lowest BCUT2D eigenvalue weighted by Gasteiger charge is -2.13. The predicted molar refractivity (Wildman–Crippen MR) is 201 cm³/mol. The molecule has 0 saturated heterocycles. The maximum atomic E-state index is 12.4.